The van der Waals surface area contributed by atoms with Gasteiger partial charge in [0.2, 0.25) is 5.91 Å². The van der Waals surface area contributed by atoms with Crippen LogP contribution in [0.25, 0.3) is 0 Å². The summed E-state index contributed by atoms with van der Waals surface area (Å²) in [5.41, 5.74) is -0.549. The van der Waals surface area contributed by atoms with Gasteiger partial charge in [0.25, 0.3) is 0 Å². The molecule has 0 spiro atoms. The van der Waals surface area contributed by atoms with Gasteiger partial charge in [-0.15, -0.1) is 0 Å². The predicted octanol–water partition coefficient (Wildman–Crippen LogP) is 1.41. The average Bonchev–Trinajstić information content (AvgIpc) is 2.54. The van der Waals surface area contributed by atoms with Crippen LogP contribution in [0.5, 0.6) is 0 Å². The molecule has 0 fully saturated rings. The molecular weight excluding hydrogens is 264 g/mol. The summed E-state index contributed by atoms with van der Waals surface area (Å²) in [6.45, 7) is 7.02. The van der Waals surface area contributed by atoms with E-state index in [9.17, 15) is 9.59 Å². The largest absolute Gasteiger partial charge is 0.458 e. The van der Waals surface area contributed by atoms with Crippen molar-refractivity contribution in [3.63, 3.8) is 0 Å². The highest BCUT2D eigenvalue weighted by Gasteiger charge is 2.26. The SMILES string of the molecule is CC(NC(=O)C1CSCCC=N1)C(=O)OC(C)(C)C. The summed E-state index contributed by atoms with van der Waals surface area (Å²) in [6.07, 6.45) is 2.67. The number of aliphatic imine (C=N–C) groups is 1. The molecule has 0 bridgehead atoms. The van der Waals surface area contributed by atoms with Crippen LogP contribution in [0.4, 0.5) is 0 Å². The normalized spacial score (nSPS) is 21.4. The Morgan fingerprint density at radius 2 is 2.16 bits per heavy atom. The Morgan fingerprint density at radius 1 is 1.47 bits per heavy atom. The Labute approximate surface area is 118 Å². The van der Waals surface area contributed by atoms with Crippen LogP contribution in [0.3, 0.4) is 0 Å². The van der Waals surface area contributed by atoms with Gasteiger partial charge in [-0.2, -0.15) is 11.8 Å². The van der Waals surface area contributed by atoms with Crippen molar-refractivity contribution in [2.75, 3.05) is 11.5 Å². The highest BCUT2D eigenvalue weighted by Crippen LogP contribution is 2.12. The summed E-state index contributed by atoms with van der Waals surface area (Å²) in [5, 5.41) is 2.66. The number of hydrogen-bond acceptors (Lipinski definition) is 5. The lowest BCUT2D eigenvalue weighted by atomic mass is 10.2. The number of hydrogen-bond donors (Lipinski definition) is 1. The van der Waals surface area contributed by atoms with Crippen LogP contribution in [-0.4, -0.2) is 47.3 Å². The molecule has 1 N–H and O–H groups in total. The first kappa shape index (κ1) is 16.0. The molecule has 1 amide bonds. The lowest BCUT2D eigenvalue weighted by molar-refractivity contribution is -0.158. The van der Waals surface area contributed by atoms with Gasteiger partial charge in [0.1, 0.15) is 17.7 Å². The molecule has 0 radical (unpaired) electrons. The molecule has 0 aromatic rings. The number of carbonyl (C=O) groups excluding carboxylic acids is 2. The van der Waals surface area contributed by atoms with E-state index in [1.807, 2.05) is 0 Å². The highest BCUT2D eigenvalue weighted by atomic mass is 32.2. The molecule has 2 atom stereocenters. The molecule has 1 aliphatic heterocycles. The molecule has 19 heavy (non-hydrogen) atoms. The minimum Gasteiger partial charge on any atom is -0.458 e. The van der Waals surface area contributed by atoms with E-state index in [1.54, 1.807) is 45.7 Å². The zero-order valence-electron chi connectivity index (χ0n) is 11.9. The highest BCUT2D eigenvalue weighted by molar-refractivity contribution is 7.99. The van der Waals surface area contributed by atoms with Gasteiger partial charge in [0.05, 0.1) is 0 Å². The van der Waals surface area contributed by atoms with Crippen LogP contribution in [-0.2, 0) is 14.3 Å². The van der Waals surface area contributed by atoms with Gasteiger partial charge in [-0.3, -0.25) is 9.79 Å². The first-order chi connectivity index (χ1) is 8.79. The fraction of sp³-hybridized carbons (Fsp3) is 0.769. The van der Waals surface area contributed by atoms with E-state index >= 15 is 0 Å². The molecule has 108 valence electrons. The number of ether oxygens (including phenoxy) is 1. The molecule has 2 unspecified atom stereocenters. The van der Waals surface area contributed by atoms with Crippen molar-refractivity contribution >= 4 is 29.9 Å². The van der Waals surface area contributed by atoms with Crippen molar-refractivity contribution in [1.29, 1.82) is 0 Å². The second-order valence-corrected chi connectivity index (χ2v) is 6.62. The summed E-state index contributed by atoms with van der Waals surface area (Å²) in [7, 11) is 0. The topological polar surface area (TPSA) is 67.8 Å². The molecule has 1 aliphatic rings. The van der Waals surface area contributed by atoms with Crippen molar-refractivity contribution in [1.82, 2.24) is 5.32 Å². The fourth-order valence-electron chi connectivity index (χ4n) is 1.48. The van der Waals surface area contributed by atoms with Crippen LogP contribution < -0.4 is 5.32 Å². The lowest BCUT2D eigenvalue weighted by Gasteiger charge is -2.23. The monoisotopic (exact) mass is 286 g/mol. The van der Waals surface area contributed by atoms with E-state index in [0.717, 1.165) is 12.2 Å². The van der Waals surface area contributed by atoms with Gasteiger partial charge >= 0.3 is 5.97 Å². The Balaban J connectivity index is 2.49. The third kappa shape index (κ3) is 6.09. The molecular formula is C13H22N2O3S. The van der Waals surface area contributed by atoms with Crippen molar-refractivity contribution in [2.24, 2.45) is 4.99 Å². The number of esters is 1. The molecule has 0 aromatic carbocycles. The smallest absolute Gasteiger partial charge is 0.328 e. The summed E-state index contributed by atoms with van der Waals surface area (Å²) in [4.78, 5) is 27.9. The quantitative estimate of drug-likeness (QED) is 0.797. The Bertz CT molecular complexity index is 363. The minimum absolute atomic E-state index is 0.219. The van der Waals surface area contributed by atoms with Crippen LogP contribution in [0.1, 0.15) is 34.1 Å². The van der Waals surface area contributed by atoms with Crippen molar-refractivity contribution in [2.45, 2.75) is 51.8 Å². The molecule has 0 saturated heterocycles. The Kier molecular flexibility index (Phi) is 5.85. The zero-order chi connectivity index (χ0) is 14.5. The van der Waals surface area contributed by atoms with Gasteiger partial charge in [0, 0.05) is 12.0 Å². The molecule has 0 aromatic heterocycles. The van der Waals surface area contributed by atoms with E-state index < -0.39 is 23.7 Å². The van der Waals surface area contributed by atoms with Crippen LogP contribution in [0.15, 0.2) is 4.99 Å². The van der Waals surface area contributed by atoms with E-state index in [4.69, 9.17) is 4.74 Å². The van der Waals surface area contributed by atoms with Gasteiger partial charge in [-0.05, 0) is 39.9 Å². The van der Waals surface area contributed by atoms with Gasteiger partial charge in [-0.1, -0.05) is 0 Å². The minimum atomic E-state index is -0.657. The van der Waals surface area contributed by atoms with Crippen LogP contribution in [0, 0.1) is 0 Å². The van der Waals surface area contributed by atoms with Crippen molar-refractivity contribution in [3.05, 3.63) is 0 Å². The molecule has 0 saturated carbocycles. The zero-order valence-corrected chi connectivity index (χ0v) is 12.8. The predicted molar refractivity (Wildman–Crippen MR) is 77.7 cm³/mol. The van der Waals surface area contributed by atoms with Gasteiger partial charge in [-0.25, -0.2) is 4.79 Å². The summed E-state index contributed by atoms with van der Waals surface area (Å²) < 4.78 is 5.22. The lowest BCUT2D eigenvalue weighted by Crippen LogP contribution is -2.46. The number of rotatable bonds is 3. The molecule has 1 heterocycles. The molecule has 5 nitrogen and oxygen atoms in total. The molecule has 0 aliphatic carbocycles. The van der Waals surface area contributed by atoms with Crippen LogP contribution >= 0.6 is 11.8 Å². The van der Waals surface area contributed by atoms with E-state index in [-0.39, 0.29) is 5.91 Å². The number of nitrogens with zero attached hydrogens (tertiary/aromatic N) is 1. The summed E-state index contributed by atoms with van der Waals surface area (Å²) in [5.74, 6) is 0.994. The summed E-state index contributed by atoms with van der Waals surface area (Å²) in [6, 6.07) is -1.06. The van der Waals surface area contributed by atoms with Crippen molar-refractivity contribution in [3.8, 4) is 0 Å². The first-order valence-electron chi connectivity index (χ1n) is 6.42. The third-order valence-electron chi connectivity index (χ3n) is 2.37. The Morgan fingerprint density at radius 3 is 2.79 bits per heavy atom. The molecule has 6 heteroatoms. The second-order valence-electron chi connectivity index (χ2n) is 5.47. The van der Waals surface area contributed by atoms with Crippen LogP contribution in [0.2, 0.25) is 0 Å². The maximum atomic E-state index is 12.0. The number of carbonyl (C=O) groups is 2. The first-order valence-corrected chi connectivity index (χ1v) is 7.57. The van der Waals surface area contributed by atoms with E-state index in [0.29, 0.717) is 5.75 Å². The maximum absolute atomic E-state index is 12.0. The standard InChI is InChI=1S/C13H22N2O3S/c1-9(12(17)18-13(2,3)4)15-11(16)10-8-19-7-5-6-14-10/h6,9-10H,5,7-8H2,1-4H3,(H,15,16). The van der Waals surface area contributed by atoms with Gasteiger partial charge < -0.3 is 10.1 Å². The maximum Gasteiger partial charge on any atom is 0.328 e. The fourth-order valence-corrected chi connectivity index (χ4v) is 2.38. The summed E-state index contributed by atoms with van der Waals surface area (Å²) >= 11 is 1.70. The number of amides is 1. The number of nitrogens with one attached hydrogen (secondary N) is 1. The molecule has 1 rings (SSSR count). The third-order valence-corrected chi connectivity index (χ3v) is 3.45. The van der Waals surface area contributed by atoms with E-state index in [2.05, 4.69) is 10.3 Å². The Hall–Kier alpha value is -1.04. The van der Waals surface area contributed by atoms with E-state index in [1.165, 1.54) is 0 Å². The van der Waals surface area contributed by atoms with Crippen molar-refractivity contribution < 1.29 is 14.3 Å². The second kappa shape index (κ2) is 6.93. The number of thioether (sulfide) groups is 1. The average molecular weight is 286 g/mol. The van der Waals surface area contributed by atoms with Gasteiger partial charge in [0.15, 0.2) is 0 Å².